The summed E-state index contributed by atoms with van der Waals surface area (Å²) in [5.41, 5.74) is 10.00. The summed E-state index contributed by atoms with van der Waals surface area (Å²) in [7, 11) is 0. The summed E-state index contributed by atoms with van der Waals surface area (Å²) in [4.78, 5) is 13.3. The number of hydrogen-bond acceptors (Lipinski definition) is 2. The number of phenolic OH excluding ortho intramolecular Hbond substituents is 1. The number of aromatic hydroxyl groups is 1. The van der Waals surface area contributed by atoms with Crippen LogP contribution < -0.4 is 5.32 Å². The van der Waals surface area contributed by atoms with E-state index in [9.17, 15) is 9.90 Å². The lowest BCUT2D eigenvalue weighted by molar-refractivity contribution is -0.118. The third-order valence-corrected chi connectivity index (χ3v) is 8.62. The van der Waals surface area contributed by atoms with Crippen LogP contribution in [0, 0.1) is 12.8 Å². The molecular weight excluding hydrogens is 516 g/mol. The summed E-state index contributed by atoms with van der Waals surface area (Å²) in [6.07, 6.45) is 14.6. The maximum Gasteiger partial charge on any atom is 0.247 e. The number of carbonyl (C=O) groups excluding carboxylic acids is 1. The third kappa shape index (κ3) is 6.18. The van der Waals surface area contributed by atoms with Gasteiger partial charge in [-0.05, 0) is 90.6 Å². The summed E-state index contributed by atoms with van der Waals surface area (Å²) in [6, 6.07) is 28.4. The molecule has 42 heavy (non-hydrogen) atoms. The van der Waals surface area contributed by atoms with Gasteiger partial charge >= 0.3 is 0 Å². The van der Waals surface area contributed by atoms with Gasteiger partial charge in [0, 0.05) is 41.7 Å². The van der Waals surface area contributed by atoms with E-state index in [2.05, 4.69) is 83.7 Å². The number of aryl methyl sites for hydroxylation is 2. The standard InChI is InChI=1S/C38H38N2O2/c1-27-21-22-40-33(25-32(18-20-36(27)40)34-15-5-6-16-37(34)41)19-17-29-11-7-12-30(23-29)26-39-38(42)35(31-13-8-14-31)24-28-9-3-2-4-10-28/h2-7,9-12,15-16,18,21-25,31,41H,8,13-14,17,19-20,26H2,1H3,(H,39,42)/b35-24+. The molecule has 1 saturated carbocycles. The largest absolute Gasteiger partial charge is 0.507 e. The first-order valence-corrected chi connectivity index (χ1v) is 15.0. The Balaban J connectivity index is 1.16. The highest BCUT2D eigenvalue weighted by molar-refractivity contribution is 5.98. The van der Waals surface area contributed by atoms with E-state index in [1.807, 2.05) is 36.4 Å². The molecule has 4 nitrogen and oxygen atoms in total. The fourth-order valence-electron chi connectivity index (χ4n) is 5.97. The second-order valence-electron chi connectivity index (χ2n) is 11.5. The van der Waals surface area contributed by atoms with Crippen LogP contribution >= 0.6 is 0 Å². The molecule has 0 unspecified atom stereocenters. The Morgan fingerprint density at radius 3 is 2.52 bits per heavy atom. The summed E-state index contributed by atoms with van der Waals surface area (Å²) >= 11 is 0. The number of amides is 1. The second kappa shape index (κ2) is 12.5. The fraction of sp³-hybridized carbons (Fsp3) is 0.237. The van der Waals surface area contributed by atoms with Gasteiger partial charge in [-0.25, -0.2) is 0 Å². The SMILES string of the molecule is Cc1ccn2c1CC=C(c1ccccc1O)C=C2CCc1cccc(CNC(=O)/C(=C/c2ccccc2)C2CCC2)c1. The molecule has 2 aliphatic rings. The van der Waals surface area contributed by atoms with Gasteiger partial charge in [0.05, 0.1) is 0 Å². The first-order valence-electron chi connectivity index (χ1n) is 15.0. The van der Waals surface area contributed by atoms with Gasteiger partial charge in [0.25, 0.3) is 0 Å². The highest BCUT2D eigenvalue weighted by atomic mass is 16.3. The Bertz CT molecular complexity index is 1670. The van der Waals surface area contributed by atoms with Gasteiger partial charge in [-0.1, -0.05) is 85.3 Å². The average Bonchev–Trinajstić information content (AvgIpc) is 3.24. The van der Waals surface area contributed by atoms with E-state index in [-0.39, 0.29) is 5.91 Å². The molecule has 2 heterocycles. The number of fused-ring (bicyclic) bond motifs is 1. The zero-order valence-corrected chi connectivity index (χ0v) is 24.2. The number of carbonyl (C=O) groups is 1. The van der Waals surface area contributed by atoms with Gasteiger partial charge in [0.15, 0.2) is 0 Å². The molecule has 212 valence electrons. The van der Waals surface area contributed by atoms with E-state index in [1.54, 1.807) is 6.07 Å². The lowest BCUT2D eigenvalue weighted by Gasteiger charge is -2.27. The number of phenols is 1. The molecule has 0 saturated heterocycles. The van der Waals surface area contributed by atoms with Crippen molar-refractivity contribution in [3.05, 3.63) is 142 Å². The number of allylic oxidation sites excluding steroid dienone is 4. The van der Waals surface area contributed by atoms with Crippen LogP contribution in [0.25, 0.3) is 17.3 Å². The maximum absolute atomic E-state index is 13.3. The van der Waals surface area contributed by atoms with Crippen molar-refractivity contribution in [3.63, 3.8) is 0 Å². The highest BCUT2D eigenvalue weighted by Gasteiger charge is 2.26. The number of aromatic nitrogens is 1. The lowest BCUT2D eigenvalue weighted by Crippen LogP contribution is -2.30. The van der Waals surface area contributed by atoms with E-state index >= 15 is 0 Å². The van der Waals surface area contributed by atoms with Crippen LogP contribution in [0.5, 0.6) is 5.75 Å². The Morgan fingerprint density at radius 1 is 0.952 bits per heavy atom. The van der Waals surface area contributed by atoms with Crippen molar-refractivity contribution in [1.29, 1.82) is 0 Å². The normalized spacial score (nSPS) is 15.2. The van der Waals surface area contributed by atoms with Gasteiger partial charge in [0.1, 0.15) is 5.75 Å². The second-order valence-corrected chi connectivity index (χ2v) is 11.5. The van der Waals surface area contributed by atoms with E-state index < -0.39 is 0 Å². The Hall–Kier alpha value is -4.57. The molecule has 0 bridgehead atoms. The van der Waals surface area contributed by atoms with Crippen molar-refractivity contribution < 1.29 is 9.90 Å². The number of nitrogens with zero attached hydrogens (tertiary/aromatic N) is 1. The lowest BCUT2D eigenvalue weighted by atomic mass is 9.78. The topological polar surface area (TPSA) is 54.3 Å². The summed E-state index contributed by atoms with van der Waals surface area (Å²) in [5, 5.41) is 13.7. The molecule has 3 aromatic carbocycles. The van der Waals surface area contributed by atoms with Crippen molar-refractivity contribution >= 4 is 23.3 Å². The van der Waals surface area contributed by atoms with E-state index in [0.717, 1.165) is 59.9 Å². The minimum Gasteiger partial charge on any atom is -0.507 e. The molecule has 1 amide bonds. The van der Waals surface area contributed by atoms with E-state index in [1.165, 1.54) is 28.9 Å². The number of benzene rings is 3. The molecule has 6 rings (SSSR count). The molecule has 4 heteroatoms. The zero-order valence-electron chi connectivity index (χ0n) is 24.2. The van der Waals surface area contributed by atoms with Crippen LogP contribution in [0.4, 0.5) is 0 Å². The molecule has 1 aromatic heterocycles. The molecule has 1 aliphatic carbocycles. The van der Waals surface area contributed by atoms with Crippen molar-refractivity contribution in [3.8, 4) is 5.75 Å². The first-order chi connectivity index (χ1) is 20.5. The van der Waals surface area contributed by atoms with Crippen molar-refractivity contribution in [2.75, 3.05) is 0 Å². The average molecular weight is 555 g/mol. The van der Waals surface area contributed by atoms with Crippen LogP contribution in [0.1, 0.15) is 59.2 Å². The van der Waals surface area contributed by atoms with Gasteiger partial charge in [-0.3, -0.25) is 4.79 Å². The monoisotopic (exact) mass is 554 g/mol. The fourth-order valence-corrected chi connectivity index (χ4v) is 5.97. The number of nitrogens with one attached hydrogen (secondary N) is 1. The molecule has 1 aliphatic heterocycles. The minimum absolute atomic E-state index is 0.0385. The Labute approximate surface area is 248 Å². The van der Waals surface area contributed by atoms with Crippen LogP contribution in [-0.4, -0.2) is 15.6 Å². The third-order valence-electron chi connectivity index (χ3n) is 8.62. The van der Waals surface area contributed by atoms with Gasteiger partial charge < -0.3 is 15.0 Å². The summed E-state index contributed by atoms with van der Waals surface area (Å²) in [5.74, 6) is 0.691. The number of rotatable bonds is 9. The van der Waals surface area contributed by atoms with Crippen LogP contribution in [0.15, 0.2) is 109 Å². The molecule has 4 aromatic rings. The smallest absolute Gasteiger partial charge is 0.247 e. The van der Waals surface area contributed by atoms with Crippen LogP contribution in [-0.2, 0) is 24.2 Å². The minimum atomic E-state index is 0.0385. The first kappa shape index (κ1) is 27.6. The van der Waals surface area contributed by atoms with E-state index in [4.69, 9.17) is 0 Å². The molecule has 0 atom stereocenters. The Morgan fingerprint density at radius 2 is 1.74 bits per heavy atom. The van der Waals surface area contributed by atoms with E-state index in [0.29, 0.717) is 18.2 Å². The molecule has 1 fully saturated rings. The summed E-state index contributed by atoms with van der Waals surface area (Å²) < 4.78 is 2.31. The van der Waals surface area contributed by atoms with Crippen LogP contribution in [0.2, 0.25) is 0 Å². The number of hydrogen-bond donors (Lipinski definition) is 2. The van der Waals surface area contributed by atoms with Crippen molar-refractivity contribution in [2.24, 2.45) is 5.92 Å². The molecule has 0 radical (unpaired) electrons. The zero-order chi connectivity index (χ0) is 28.9. The quantitative estimate of drug-likeness (QED) is 0.205. The van der Waals surface area contributed by atoms with Gasteiger partial charge in [-0.15, -0.1) is 0 Å². The molecule has 2 N–H and O–H groups in total. The Kier molecular flexibility index (Phi) is 8.23. The molecule has 0 spiro atoms. The van der Waals surface area contributed by atoms with Crippen LogP contribution in [0.3, 0.4) is 0 Å². The highest BCUT2D eigenvalue weighted by Crippen LogP contribution is 2.35. The molecular formula is C38H38N2O2. The summed E-state index contributed by atoms with van der Waals surface area (Å²) in [6.45, 7) is 2.67. The predicted molar refractivity (Wildman–Crippen MR) is 172 cm³/mol. The maximum atomic E-state index is 13.3. The predicted octanol–water partition coefficient (Wildman–Crippen LogP) is 8.12. The van der Waals surface area contributed by atoms with Crippen molar-refractivity contribution in [2.45, 2.75) is 52.0 Å². The number of para-hydroxylation sites is 1. The van der Waals surface area contributed by atoms with Gasteiger partial charge in [-0.2, -0.15) is 0 Å². The van der Waals surface area contributed by atoms with Gasteiger partial charge in [0.2, 0.25) is 5.91 Å². The van der Waals surface area contributed by atoms with Crippen molar-refractivity contribution in [1.82, 2.24) is 9.88 Å².